The number of hydrogen-bond acceptors (Lipinski definition) is 4. The van der Waals surface area contributed by atoms with E-state index in [4.69, 9.17) is 0 Å². The van der Waals surface area contributed by atoms with Crippen molar-refractivity contribution in [3.63, 3.8) is 0 Å². The average Bonchev–Trinajstić information content (AvgIpc) is 2.85. The number of benzene rings is 3. The Morgan fingerprint density at radius 3 is 2.12 bits per heavy atom. The Morgan fingerprint density at radius 1 is 0.909 bits per heavy atom. The lowest BCUT2D eigenvalue weighted by molar-refractivity contribution is 0.0954. The van der Waals surface area contributed by atoms with Gasteiger partial charge in [0.2, 0.25) is 0 Å². The topological polar surface area (TPSA) is 87.2 Å². The number of aromatic amines is 1. The molecule has 6 heteroatoms. The predicted molar refractivity (Wildman–Crippen MR) is 131 cm³/mol. The predicted octanol–water partition coefficient (Wildman–Crippen LogP) is 4.99. The molecule has 1 heterocycles. The van der Waals surface area contributed by atoms with Gasteiger partial charge in [-0.05, 0) is 22.6 Å². The third-order valence-electron chi connectivity index (χ3n) is 5.30. The first kappa shape index (κ1) is 21.9. The van der Waals surface area contributed by atoms with Crippen LogP contribution in [0.4, 0.5) is 0 Å². The molecule has 0 unspecified atom stereocenters. The highest BCUT2D eigenvalue weighted by atomic mass is 16.2. The maximum atomic E-state index is 13.1. The highest BCUT2D eigenvalue weighted by Crippen LogP contribution is 2.31. The van der Waals surface area contributed by atoms with Gasteiger partial charge >= 0.3 is 0 Å². The van der Waals surface area contributed by atoms with Crippen molar-refractivity contribution in [3.05, 3.63) is 112 Å². The van der Waals surface area contributed by atoms with Crippen LogP contribution in [-0.2, 0) is 0 Å². The van der Waals surface area contributed by atoms with Gasteiger partial charge in [0.1, 0.15) is 5.56 Å². The number of nitrogens with one attached hydrogen (secondary N) is 2. The van der Waals surface area contributed by atoms with Crippen LogP contribution in [0.15, 0.2) is 94.8 Å². The molecule has 0 atom stereocenters. The van der Waals surface area contributed by atoms with Crippen LogP contribution in [0.2, 0.25) is 0 Å². The molecule has 0 radical (unpaired) electrons. The lowest BCUT2D eigenvalue weighted by Crippen LogP contribution is -2.28. The Labute approximate surface area is 192 Å². The minimum absolute atomic E-state index is 0.0395. The number of hydrazone groups is 1. The fraction of sp³-hybridized carbons (Fsp3) is 0.111. The molecule has 1 aromatic heterocycles. The van der Waals surface area contributed by atoms with E-state index in [-0.39, 0.29) is 5.56 Å². The summed E-state index contributed by atoms with van der Waals surface area (Å²) in [5.41, 5.74) is 6.42. The highest BCUT2D eigenvalue weighted by Gasteiger charge is 2.22. The van der Waals surface area contributed by atoms with E-state index in [1.54, 1.807) is 6.21 Å². The van der Waals surface area contributed by atoms with Crippen molar-refractivity contribution in [2.45, 2.75) is 19.8 Å². The molecule has 0 aliphatic heterocycles. The second-order valence-corrected chi connectivity index (χ2v) is 7.90. The SMILES string of the molecule is CC(C)c1ccc(/C=N/NC(=O)c2c(-c3ccccc3)c(-c3ccccc3)n[nH]c2=O)cc1. The van der Waals surface area contributed by atoms with Crippen molar-refractivity contribution in [2.75, 3.05) is 0 Å². The number of amides is 1. The lowest BCUT2D eigenvalue weighted by Gasteiger charge is -2.12. The lowest BCUT2D eigenvalue weighted by atomic mass is 9.95. The number of carbonyl (C=O) groups is 1. The van der Waals surface area contributed by atoms with Crippen LogP contribution >= 0.6 is 0 Å². The Balaban J connectivity index is 1.70. The molecule has 0 saturated carbocycles. The normalized spacial score (nSPS) is 11.1. The van der Waals surface area contributed by atoms with E-state index in [0.717, 1.165) is 11.1 Å². The van der Waals surface area contributed by atoms with Crippen molar-refractivity contribution in [3.8, 4) is 22.4 Å². The van der Waals surface area contributed by atoms with Crippen LogP contribution in [0.3, 0.4) is 0 Å². The largest absolute Gasteiger partial charge is 0.277 e. The molecular formula is C27H24N4O2. The summed E-state index contributed by atoms with van der Waals surface area (Å²) >= 11 is 0. The summed E-state index contributed by atoms with van der Waals surface area (Å²) in [4.78, 5) is 25.8. The summed E-state index contributed by atoms with van der Waals surface area (Å²) in [5, 5.41) is 10.8. The molecule has 3 aromatic carbocycles. The van der Waals surface area contributed by atoms with Crippen LogP contribution in [0.25, 0.3) is 22.4 Å². The van der Waals surface area contributed by atoms with E-state index in [1.165, 1.54) is 5.56 Å². The Morgan fingerprint density at radius 2 is 1.52 bits per heavy atom. The van der Waals surface area contributed by atoms with Gasteiger partial charge in [-0.3, -0.25) is 9.59 Å². The van der Waals surface area contributed by atoms with Crippen LogP contribution in [0.1, 0.15) is 41.3 Å². The first-order valence-corrected chi connectivity index (χ1v) is 10.7. The minimum atomic E-state index is -0.607. The maximum Gasteiger partial charge on any atom is 0.277 e. The number of hydrogen-bond donors (Lipinski definition) is 2. The number of carbonyl (C=O) groups excluding carboxylic acids is 1. The zero-order valence-electron chi connectivity index (χ0n) is 18.4. The molecule has 33 heavy (non-hydrogen) atoms. The summed E-state index contributed by atoms with van der Waals surface area (Å²) in [6.07, 6.45) is 1.55. The number of H-pyrrole nitrogens is 1. The summed E-state index contributed by atoms with van der Waals surface area (Å²) < 4.78 is 0. The molecule has 4 rings (SSSR count). The number of nitrogens with zero attached hydrogens (tertiary/aromatic N) is 2. The second kappa shape index (κ2) is 9.87. The summed E-state index contributed by atoms with van der Waals surface area (Å²) in [5.74, 6) is -0.172. The Kier molecular flexibility index (Phi) is 6.55. The molecule has 0 bridgehead atoms. The van der Waals surface area contributed by atoms with Gasteiger partial charge in [-0.1, -0.05) is 98.8 Å². The van der Waals surface area contributed by atoms with Gasteiger partial charge in [-0.25, -0.2) is 10.5 Å². The van der Waals surface area contributed by atoms with Crippen molar-refractivity contribution >= 4 is 12.1 Å². The molecule has 164 valence electrons. The van der Waals surface area contributed by atoms with Gasteiger partial charge in [-0.15, -0.1) is 0 Å². The third-order valence-corrected chi connectivity index (χ3v) is 5.30. The van der Waals surface area contributed by atoms with E-state index < -0.39 is 11.5 Å². The zero-order chi connectivity index (χ0) is 23.2. The van der Waals surface area contributed by atoms with Crippen LogP contribution in [0.5, 0.6) is 0 Å². The summed E-state index contributed by atoms with van der Waals surface area (Å²) in [6, 6.07) is 26.6. The van der Waals surface area contributed by atoms with Gasteiger partial charge in [0.05, 0.1) is 11.9 Å². The van der Waals surface area contributed by atoms with E-state index in [1.807, 2.05) is 84.9 Å². The zero-order valence-corrected chi connectivity index (χ0v) is 18.4. The van der Waals surface area contributed by atoms with E-state index in [9.17, 15) is 9.59 Å². The number of aromatic nitrogens is 2. The van der Waals surface area contributed by atoms with Crippen LogP contribution in [-0.4, -0.2) is 22.3 Å². The standard InChI is InChI=1S/C27H24N4O2/c1-18(2)20-15-13-19(14-16-20)17-28-30-26(32)24-23(21-9-5-3-6-10-21)25(29-31-27(24)33)22-11-7-4-8-12-22/h3-18H,1-2H3,(H,30,32)(H,31,33)/b28-17+. The smallest absolute Gasteiger partial charge is 0.267 e. The third kappa shape index (κ3) is 4.96. The molecule has 4 aromatic rings. The molecular weight excluding hydrogens is 412 g/mol. The summed E-state index contributed by atoms with van der Waals surface area (Å²) in [6.45, 7) is 4.26. The van der Waals surface area contributed by atoms with Crippen molar-refractivity contribution in [1.29, 1.82) is 0 Å². The van der Waals surface area contributed by atoms with Gasteiger partial charge < -0.3 is 0 Å². The molecule has 0 spiro atoms. The average molecular weight is 437 g/mol. The van der Waals surface area contributed by atoms with Gasteiger partial charge in [0, 0.05) is 11.1 Å². The van der Waals surface area contributed by atoms with E-state index >= 15 is 0 Å². The number of rotatable bonds is 6. The first-order valence-electron chi connectivity index (χ1n) is 10.7. The minimum Gasteiger partial charge on any atom is -0.267 e. The molecule has 0 fully saturated rings. The highest BCUT2D eigenvalue weighted by molar-refractivity contribution is 6.03. The molecule has 0 saturated heterocycles. The van der Waals surface area contributed by atoms with E-state index in [2.05, 4.69) is 34.6 Å². The fourth-order valence-corrected chi connectivity index (χ4v) is 3.55. The molecule has 0 aliphatic rings. The Hall–Kier alpha value is -4.32. The van der Waals surface area contributed by atoms with Crippen molar-refractivity contribution in [1.82, 2.24) is 15.6 Å². The molecule has 2 N–H and O–H groups in total. The van der Waals surface area contributed by atoms with E-state index in [0.29, 0.717) is 22.7 Å². The fourth-order valence-electron chi connectivity index (χ4n) is 3.55. The quantitative estimate of drug-likeness (QED) is 0.330. The molecule has 1 amide bonds. The van der Waals surface area contributed by atoms with Crippen LogP contribution in [0, 0.1) is 0 Å². The second-order valence-electron chi connectivity index (χ2n) is 7.90. The summed E-state index contributed by atoms with van der Waals surface area (Å²) in [7, 11) is 0. The van der Waals surface area contributed by atoms with Gasteiger partial charge in [0.25, 0.3) is 11.5 Å². The van der Waals surface area contributed by atoms with Crippen molar-refractivity contribution < 1.29 is 4.79 Å². The monoisotopic (exact) mass is 436 g/mol. The Bertz CT molecular complexity index is 1330. The maximum absolute atomic E-state index is 13.1. The van der Waals surface area contributed by atoms with Gasteiger partial charge in [-0.2, -0.15) is 10.2 Å². The van der Waals surface area contributed by atoms with Gasteiger partial charge in [0.15, 0.2) is 0 Å². The van der Waals surface area contributed by atoms with Crippen molar-refractivity contribution in [2.24, 2.45) is 5.10 Å². The first-order chi connectivity index (χ1) is 16.0. The molecule has 6 nitrogen and oxygen atoms in total. The molecule has 0 aliphatic carbocycles. The van der Waals surface area contributed by atoms with Crippen LogP contribution < -0.4 is 11.0 Å².